The number of hydrogen-bond acceptors (Lipinski definition) is 4. The van der Waals surface area contributed by atoms with E-state index >= 15 is 0 Å². The third kappa shape index (κ3) is 1.52. The van der Waals surface area contributed by atoms with Gasteiger partial charge in [-0.1, -0.05) is 0 Å². The molecule has 2 aliphatic rings. The molecule has 2 rings (SSSR count). The number of primary amides is 1. The molecule has 0 aromatic carbocycles. The average molecular weight is 257 g/mol. The Morgan fingerprint density at radius 3 is 2.61 bits per heavy atom. The first-order valence-electron chi connectivity index (χ1n) is 5.66. The molecule has 0 aromatic heterocycles. The summed E-state index contributed by atoms with van der Waals surface area (Å²) < 4.78 is 0. The van der Waals surface area contributed by atoms with Gasteiger partial charge >= 0.3 is 6.09 Å². The molecule has 0 aromatic rings. The van der Waals surface area contributed by atoms with Crippen LogP contribution in [0.5, 0.6) is 0 Å². The van der Waals surface area contributed by atoms with E-state index in [1.165, 1.54) is 0 Å². The van der Waals surface area contributed by atoms with Gasteiger partial charge in [0, 0.05) is 6.54 Å². The second-order valence-corrected chi connectivity index (χ2v) is 4.60. The van der Waals surface area contributed by atoms with Crippen LogP contribution in [0.25, 0.3) is 0 Å². The van der Waals surface area contributed by atoms with E-state index < -0.39 is 36.1 Å². The molecule has 2 unspecified atom stereocenters. The lowest BCUT2D eigenvalue weighted by atomic mass is 9.84. The van der Waals surface area contributed by atoms with Crippen LogP contribution in [0.4, 0.5) is 4.79 Å². The summed E-state index contributed by atoms with van der Waals surface area (Å²) in [6.07, 6.45) is -0.0715. The van der Waals surface area contributed by atoms with Gasteiger partial charge in [0.2, 0.25) is 5.91 Å². The van der Waals surface area contributed by atoms with Gasteiger partial charge in [-0.25, -0.2) is 4.79 Å². The summed E-state index contributed by atoms with van der Waals surface area (Å²) in [6.45, 7) is -0.119. The van der Waals surface area contributed by atoms with Crippen LogP contribution in [0.3, 0.4) is 0 Å². The van der Waals surface area contributed by atoms with E-state index in [0.717, 1.165) is 9.80 Å². The van der Waals surface area contributed by atoms with E-state index in [-0.39, 0.29) is 6.54 Å². The lowest BCUT2D eigenvalue weighted by Gasteiger charge is -2.52. The van der Waals surface area contributed by atoms with Gasteiger partial charge in [-0.2, -0.15) is 0 Å². The zero-order valence-corrected chi connectivity index (χ0v) is 9.70. The van der Waals surface area contributed by atoms with E-state index in [1.54, 1.807) is 0 Å². The summed E-state index contributed by atoms with van der Waals surface area (Å²) in [4.78, 5) is 36.5. The molecule has 2 aliphatic heterocycles. The SMILES string of the molecule is NC(=O)C(CO)N1CC2(CCCN2C(=O)O)C1=O. The van der Waals surface area contributed by atoms with Crippen LogP contribution in [0.1, 0.15) is 12.8 Å². The third-order valence-corrected chi connectivity index (χ3v) is 3.69. The lowest BCUT2D eigenvalue weighted by Crippen LogP contribution is -2.76. The van der Waals surface area contributed by atoms with Crippen LogP contribution in [-0.2, 0) is 9.59 Å². The van der Waals surface area contributed by atoms with Crippen molar-refractivity contribution >= 4 is 17.9 Å². The van der Waals surface area contributed by atoms with E-state index in [0.29, 0.717) is 19.4 Å². The first-order chi connectivity index (χ1) is 8.44. The predicted octanol–water partition coefficient (Wildman–Crippen LogP) is -1.81. The number of carbonyl (C=O) groups excluding carboxylic acids is 2. The monoisotopic (exact) mass is 257 g/mol. The van der Waals surface area contributed by atoms with Crippen molar-refractivity contribution in [2.24, 2.45) is 5.73 Å². The van der Waals surface area contributed by atoms with Crippen molar-refractivity contribution in [3.05, 3.63) is 0 Å². The summed E-state index contributed by atoms with van der Waals surface area (Å²) in [7, 11) is 0. The molecule has 0 radical (unpaired) electrons. The maximum atomic E-state index is 12.1. The fourth-order valence-corrected chi connectivity index (χ4v) is 2.74. The highest BCUT2D eigenvalue weighted by molar-refractivity contribution is 5.99. The van der Waals surface area contributed by atoms with Crippen LogP contribution in [-0.4, -0.2) is 69.2 Å². The van der Waals surface area contributed by atoms with Gasteiger partial charge in [0.25, 0.3) is 5.91 Å². The van der Waals surface area contributed by atoms with Crippen molar-refractivity contribution in [3.63, 3.8) is 0 Å². The van der Waals surface area contributed by atoms with Crippen molar-refractivity contribution in [2.75, 3.05) is 19.7 Å². The minimum absolute atomic E-state index is 0.117. The Bertz CT molecular complexity index is 412. The van der Waals surface area contributed by atoms with Crippen LogP contribution >= 0.6 is 0 Å². The number of nitrogens with two attached hydrogens (primary N) is 1. The molecule has 8 heteroatoms. The van der Waals surface area contributed by atoms with Gasteiger partial charge in [0.1, 0.15) is 11.6 Å². The summed E-state index contributed by atoms with van der Waals surface area (Å²) >= 11 is 0. The number of β-lactam (4-membered cyclic amide) rings is 1. The van der Waals surface area contributed by atoms with Gasteiger partial charge in [0.15, 0.2) is 0 Å². The molecule has 2 atom stereocenters. The Hall–Kier alpha value is -1.83. The Labute approximate surface area is 103 Å². The number of aliphatic hydroxyl groups excluding tert-OH is 1. The first-order valence-corrected chi connectivity index (χ1v) is 5.66. The molecule has 18 heavy (non-hydrogen) atoms. The fraction of sp³-hybridized carbons (Fsp3) is 0.700. The van der Waals surface area contributed by atoms with E-state index in [4.69, 9.17) is 15.9 Å². The summed E-state index contributed by atoms with van der Waals surface area (Å²) in [6, 6.07) is -1.07. The maximum absolute atomic E-state index is 12.1. The molecule has 0 aliphatic carbocycles. The second-order valence-electron chi connectivity index (χ2n) is 4.60. The minimum Gasteiger partial charge on any atom is -0.465 e. The standard InChI is InChI=1S/C10H15N3O5/c11-7(15)6(4-14)12-5-10(8(12)16)2-1-3-13(10)9(17)18/h6,14H,1-5H2,(H2,11,15)(H,17,18). The number of carbonyl (C=O) groups is 3. The molecular formula is C10H15N3O5. The van der Waals surface area contributed by atoms with Gasteiger partial charge in [-0.3, -0.25) is 14.5 Å². The number of carboxylic acid groups (broad SMARTS) is 1. The van der Waals surface area contributed by atoms with Crippen LogP contribution in [0.2, 0.25) is 0 Å². The summed E-state index contributed by atoms with van der Waals surface area (Å²) in [5.74, 6) is -1.24. The predicted molar refractivity (Wildman–Crippen MR) is 58.5 cm³/mol. The highest BCUT2D eigenvalue weighted by atomic mass is 16.4. The Balaban J connectivity index is 2.16. The third-order valence-electron chi connectivity index (χ3n) is 3.69. The Morgan fingerprint density at radius 1 is 1.50 bits per heavy atom. The molecule has 1 spiro atoms. The van der Waals surface area contributed by atoms with Crippen molar-refractivity contribution in [1.29, 1.82) is 0 Å². The van der Waals surface area contributed by atoms with Gasteiger partial charge in [-0.05, 0) is 12.8 Å². The average Bonchev–Trinajstić information content (AvgIpc) is 2.75. The smallest absolute Gasteiger partial charge is 0.408 e. The normalized spacial score (nSPS) is 28.4. The summed E-state index contributed by atoms with van der Waals surface area (Å²) in [5.41, 5.74) is 4.03. The molecule has 4 N–H and O–H groups in total. The maximum Gasteiger partial charge on any atom is 0.408 e. The number of rotatable bonds is 3. The zero-order valence-electron chi connectivity index (χ0n) is 9.70. The first kappa shape index (κ1) is 12.6. The topological polar surface area (TPSA) is 124 Å². The van der Waals surface area contributed by atoms with Crippen molar-refractivity contribution in [3.8, 4) is 0 Å². The van der Waals surface area contributed by atoms with Crippen LogP contribution in [0, 0.1) is 0 Å². The second kappa shape index (κ2) is 4.13. The largest absolute Gasteiger partial charge is 0.465 e. The zero-order chi connectivity index (χ0) is 13.5. The van der Waals surface area contributed by atoms with Crippen molar-refractivity contribution in [1.82, 2.24) is 9.80 Å². The quantitative estimate of drug-likeness (QED) is 0.514. The number of likely N-dealkylation sites (tertiary alicyclic amines) is 2. The Kier molecular flexibility index (Phi) is 2.89. The molecule has 0 saturated carbocycles. The molecule has 0 bridgehead atoms. The van der Waals surface area contributed by atoms with Gasteiger partial charge in [-0.15, -0.1) is 0 Å². The van der Waals surface area contributed by atoms with E-state index in [2.05, 4.69) is 0 Å². The highest BCUT2D eigenvalue weighted by Crippen LogP contribution is 2.39. The molecule has 8 nitrogen and oxygen atoms in total. The number of amides is 3. The van der Waals surface area contributed by atoms with Gasteiger partial charge < -0.3 is 20.8 Å². The van der Waals surface area contributed by atoms with Crippen molar-refractivity contribution < 1.29 is 24.6 Å². The van der Waals surface area contributed by atoms with Crippen molar-refractivity contribution in [2.45, 2.75) is 24.4 Å². The molecule has 2 saturated heterocycles. The molecule has 2 fully saturated rings. The highest BCUT2D eigenvalue weighted by Gasteiger charge is 2.61. The minimum atomic E-state index is -1.14. The molecule has 100 valence electrons. The van der Waals surface area contributed by atoms with Crippen LogP contribution < -0.4 is 5.73 Å². The summed E-state index contributed by atoms with van der Waals surface area (Å²) in [5, 5.41) is 18.1. The van der Waals surface area contributed by atoms with Gasteiger partial charge in [0.05, 0.1) is 13.2 Å². The molecule has 3 amide bonds. The van der Waals surface area contributed by atoms with E-state index in [9.17, 15) is 14.4 Å². The fourth-order valence-electron chi connectivity index (χ4n) is 2.74. The van der Waals surface area contributed by atoms with Crippen LogP contribution in [0.15, 0.2) is 0 Å². The number of hydrogen-bond donors (Lipinski definition) is 3. The Morgan fingerprint density at radius 2 is 2.17 bits per heavy atom. The number of aliphatic hydroxyl groups is 1. The molecule has 2 heterocycles. The molecular weight excluding hydrogens is 242 g/mol. The number of nitrogens with zero attached hydrogens (tertiary/aromatic N) is 2. The lowest BCUT2D eigenvalue weighted by molar-refractivity contribution is -0.167. The van der Waals surface area contributed by atoms with E-state index in [1.807, 2.05) is 0 Å².